The Morgan fingerprint density at radius 3 is 2.21 bits per heavy atom. The van der Waals surface area contributed by atoms with Crippen molar-refractivity contribution in [1.82, 2.24) is 4.90 Å². The molecule has 2 aromatic carbocycles. The summed E-state index contributed by atoms with van der Waals surface area (Å²) in [6, 6.07) is 11.9. The minimum absolute atomic E-state index is 0.153. The Morgan fingerprint density at radius 1 is 0.872 bits per heavy atom. The zero-order valence-electron chi connectivity index (χ0n) is 26.3. The third-order valence-electron chi connectivity index (χ3n) is 10.4. The van der Waals surface area contributed by atoms with Crippen LogP contribution in [-0.2, 0) is 0 Å². The molecule has 2 heteroatoms. The van der Waals surface area contributed by atoms with Crippen molar-refractivity contribution < 1.29 is 0 Å². The van der Waals surface area contributed by atoms with Crippen LogP contribution < -0.4 is 4.90 Å². The van der Waals surface area contributed by atoms with Crippen molar-refractivity contribution in [2.45, 2.75) is 87.5 Å². The summed E-state index contributed by atoms with van der Waals surface area (Å²) in [7, 11) is 0. The molecule has 1 fully saturated rings. The number of allylic oxidation sites excluding steroid dienone is 6. The van der Waals surface area contributed by atoms with Gasteiger partial charge in [-0.1, -0.05) is 112 Å². The molecule has 3 unspecified atom stereocenters. The van der Waals surface area contributed by atoms with E-state index in [1.54, 1.807) is 11.3 Å². The summed E-state index contributed by atoms with van der Waals surface area (Å²) in [5.74, 6) is 3.39. The summed E-state index contributed by atoms with van der Waals surface area (Å²) >= 11 is 0. The number of rotatable bonds is 6. The zero-order chi connectivity index (χ0) is 28.2. The van der Waals surface area contributed by atoms with E-state index in [1.165, 1.54) is 33.2 Å². The highest BCUT2D eigenvalue weighted by atomic mass is 15.4. The van der Waals surface area contributed by atoms with Crippen LogP contribution in [0.3, 0.4) is 0 Å². The first kappa shape index (κ1) is 28.1. The Balaban J connectivity index is 1.63. The molecule has 3 aliphatic rings. The minimum Gasteiger partial charge on any atom is -0.355 e. The van der Waals surface area contributed by atoms with Gasteiger partial charge in [-0.15, -0.1) is 0 Å². The summed E-state index contributed by atoms with van der Waals surface area (Å²) in [5, 5.41) is 2.79. The maximum absolute atomic E-state index is 2.78. The lowest BCUT2D eigenvalue weighted by molar-refractivity contribution is 0.191. The molecule has 0 N–H and O–H groups in total. The van der Waals surface area contributed by atoms with E-state index in [0.29, 0.717) is 35.5 Å². The standard InChI is InChI=1S/C37H52N2/c1-23(2)30-12-11-28-13-16-32(25(5)6)35(33(28)21-30)38-19-20-39(22-38)36-34-27(9)31(24(3)4)15-14-29(34)17-18-37(36,10)26(7)8/h11-17,21,23-27,31H,18-20,22H2,1-10H3. The molecule has 1 heterocycles. The van der Waals surface area contributed by atoms with Gasteiger partial charge in [-0.3, -0.25) is 0 Å². The molecule has 39 heavy (non-hydrogen) atoms. The van der Waals surface area contributed by atoms with Crippen molar-refractivity contribution in [1.29, 1.82) is 0 Å². The largest absolute Gasteiger partial charge is 0.355 e. The van der Waals surface area contributed by atoms with Gasteiger partial charge < -0.3 is 9.80 Å². The Kier molecular flexibility index (Phi) is 7.55. The van der Waals surface area contributed by atoms with Gasteiger partial charge in [-0.2, -0.15) is 0 Å². The van der Waals surface area contributed by atoms with E-state index >= 15 is 0 Å². The number of benzene rings is 2. The van der Waals surface area contributed by atoms with Crippen molar-refractivity contribution in [2.75, 3.05) is 24.7 Å². The summed E-state index contributed by atoms with van der Waals surface area (Å²) in [5.41, 5.74) is 9.28. The van der Waals surface area contributed by atoms with Crippen LogP contribution >= 0.6 is 0 Å². The monoisotopic (exact) mass is 524 g/mol. The fourth-order valence-electron chi connectivity index (χ4n) is 7.49. The number of hydrogen-bond acceptors (Lipinski definition) is 2. The summed E-state index contributed by atoms with van der Waals surface area (Å²) in [6.45, 7) is 27.2. The molecule has 3 atom stereocenters. The molecular formula is C37H52N2. The van der Waals surface area contributed by atoms with Crippen LogP contribution in [0.4, 0.5) is 5.69 Å². The van der Waals surface area contributed by atoms with E-state index < -0.39 is 0 Å². The van der Waals surface area contributed by atoms with Crippen LogP contribution in [0.25, 0.3) is 10.8 Å². The summed E-state index contributed by atoms with van der Waals surface area (Å²) < 4.78 is 0. The van der Waals surface area contributed by atoms with Gasteiger partial charge in [-0.05, 0) is 75.7 Å². The molecule has 2 nitrogen and oxygen atoms in total. The molecule has 0 aromatic heterocycles. The summed E-state index contributed by atoms with van der Waals surface area (Å²) in [6.07, 6.45) is 8.62. The Bertz CT molecular complexity index is 1320. The number of hydrogen-bond donors (Lipinski definition) is 0. The lowest BCUT2D eigenvalue weighted by Gasteiger charge is -2.48. The molecule has 0 bridgehead atoms. The quantitative estimate of drug-likeness (QED) is 0.371. The molecular weight excluding hydrogens is 472 g/mol. The van der Waals surface area contributed by atoms with Gasteiger partial charge >= 0.3 is 0 Å². The maximum atomic E-state index is 2.78. The SMILES string of the molecule is CC(C)c1ccc2ccc(C(C)C)c(N3CCN(C4=C5C(=CCC4(C)C(C)C)C=CC(C(C)C)C5C)C3)c2c1. The molecule has 210 valence electrons. The van der Waals surface area contributed by atoms with Crippen LogP contribution in [0.5, 0.6) is 0 Å². The third-order valence-corrected chi connectivity index (χ3v) is 10.4. The fraction of sp³-hybridized carbons (Fsp3) is 0.568. The smallest absolute Gasteiger partial charge is 0.0902 e. The third kappa shape index (κ3) is 4.76. The Labute approximate surface area is 238 Å². The Morgan fingerprint density at radius 2 is 1.56 bits per heavy atom. The van der Waals surface area contributed by atoms with Crippen LogP contribution in [0.15, 0.2) is 65.4 Å². The molecule has 0 amide bonds. The van der Waals surface area contributed by atoms with E-state index in [4.69, 9.17) is 0 Å². The average molecular weight is 525 g/mol. The van der Waals surface area contributed by atoms with E-state index in [0.717, 1.165) is 26.2 Å². The second-order valence-electron chi connectivity index (χ2n) is 14.1. The van der Waals surface area contributed by atoms with E-state index in [2.05, 4.69) is 128 Å². The maximum Gasteiger partial charge on any atom is 0.0902 e. The van der Waals surface area contributed by atoms with Crippen LogP contribution in [-0.4, -0.2) is 24.7 Å². The van der Waals surface area contributed by atoms with Crippen LogP contribution in [0.2, 0.25) is 0 Å². The van der Waals surface area contributed by atoms with Gasteiger partial charge in [0.1, 0.15) is 0 Å². The zero-order valence-corrected chi connectivity index (χ0v) is 26.3. The first-order chi connectivity index (χ1) is 18.4. The van der Waals surface area contributed by atoms with Gasteiger partial charge in [-0.25, -0.2) is 0 Å². The van der Waals surface area contributed by atoms with E-state index in [-0.39, 0.29) is 5.41 Å². The molecule has 0 spiro atoms. The van der Waals surface area contributed by atoms with E-state index in [9.17, 15) is 0 Å². The predicted octanol–water partition coefficient (Wildman–Crippen LogP) is 9.89. The van der Waals surface area contributed by atoms with E-state index in [1.807, 2.05) is 0 Å². The van der Waals surface area contributed by atoms with Crippen molar-refractivity contribution in [3.63, 3.8) is 0 Å². The van der Waals surface area contributed by atoms with Gasteiger partial charge in [0.25, 0.3) is 0 Å². The average Bonchev–Trinajstić information content (AvgIpc) is 3.36. The van der Waals surface area contributed by atoms with Crippen molar-refractivity contribution in [2.24, 2.45) is 29.1 Å². The highest BCUT2D eigenvalue weighted by molar-refractivity contribution is 5.97. The molecule has 0 radical (unpaired) electrons. The van der Waals surface area contributed by atoms with Crippen molar-refractivity contribution in [3.8, 4) is 0 Å². The van der Waals surface area contributed by atoms with Gasteiger partial charge in [0.2, 0.25) is 0 Å². The Hall–Kier alpha value is -2.48. The lowest BCUT2D eigenvalue weighted by Crippen LogP contribution is -2.41. The number of fused-ring (bicyclic) bond motifs is 2. The first-order valence-electron chi connectivity index (χ1n) is 15.6. The van der Waals surface area contributed by atoms with Crippen LogP contribution in [0.1, 0.15) is 98.6 Å². The molecule has 1 saturated heterocycles. The molecule has 2 aliphatic carbocycles. The lowest BCUT2D eigenvalue weighted by atomic mass is 9.63. The predicted molar refractivity (Wildman–Crippen MR) is 170 cm³/mol. The second-order valence-corrected chi connectivity index (χ2v) is 14.1. The number of nitrogens with zero attached hydrogens (tertiary/aromatic N) is 2. The molecule has 0 saturated carbocycles. The highest BCUT2D eigenvalue weighted by Gasteiger charge is 2.44. The van der Waals surface area contributed by atoms with Crippen LogP contribution in [0, 0.1) is 29.1 Å². The first-order valence-corrected chi connectivity index (χ1v) is 15.6. The molecule has 1 aliphatic heterocycles. The van der Waals surface area contributed by atoms with Gasteiger partial charge in [0.15, 0.2) is 0 Å². The normalized spacial score (nSPS) is 25.6. The fourth-order valence-corrected chi connectivity index (χ4v) is 7.49. The topological polar surface area (TPSA) is 6.48 Å². The summed E-state index contributed by atoms with van der Waals surface area (Å²) in [4.78, 5) is 5.49. The van der Waals surface area contributed by atoms with Crippen molar-refractivity contribution in [3.05, 3.63) is 76.5 Å². The number of anilines is 1. The highest BCUT2D eigenvalue weighted by Crippen LogP contribution is 2.52. The van der Waals surface area contributed by atoms with Crippen molar-refractivity contribution >= 4 is 16.5 Å². The molecule has 5 rings (SSSR count). The van der Waals surface area contributed by atoms with Gasteiger partial charge in [0.05, 0.1) is 6.67 Å². The molecule has 2 aromatic rings. The second kappa shape index (κ2) is 10.5. The van der Waals surface area contributed by atoms with Gasteiger partial charge in [0, 0.05) is 35.3 Å². The minimum atomic E-state index is 0.153.